The second-order valence-corrected chi connectivity index (χ2v) is 8.33. The number of nitrogens with zero attached hydrogens (tertiary/aromatic N) is 1. The minimum absolute atomic E-state index is 0.171. The van der Waals surface area contributed by atoms with E-state index in [4.69, 9.17) is 21.1 Å². The summed E-state index contributed by atoms with van der Waals surface area (Å²) in [6, 6.07) is 15.6. The van der Waals surface area contributed by atoms with Crippen LogP contribution in [-0.4, -0.2) is 36.3 Å². The van der Waals surface area contributed by atoms with E-state index in [-0.39, 0.29) is 12.2 Å². The van der Waals surface area contributed by atoms with E-state index in [1.807, 2.05) is 69.3 Å². The molecule has 3 rings (SSSR count). The van der Waals surface area contributed by atoms with Gasteiger partial charge in [-0.3, -0.25) is 0 Å². The molecule has 1 heterocycles. The van der Waals surface area contributed by atoms with Gasteiger partial charge in [-0.2, -0.15) is 0 Å². The Bertz CT molecular complexity index is 802. The molecule has 28 heavy (non-hydrogen) atoms. The van der Waals surface area contributed by atoms with Crippen LogP contribution in [0.3, 0.4) is 0 Å². The summed E-state index contributed by atoms with van der Waals surface area (Å²) in [5, 5.41) is 4.02. The van der Waals surface area contributed by atoms with Crippen LogP contribution in [0.1, 0.15) is 38.9 Å². The zero-order chi connectivity index (χ0) is 20.1. The largest absolute Gasteiger partial charge is 0.444 e. The zero-order valence-corrected chi connectivity index (χ0v) is 17.3. The number of anilines is 2. The third-order valence-corrected chi connectivity index (χ3v) is 4.56. The summed E-state index contributed by atoms with van der Waals surface area (Å²) in [5.41, 5.74) is 2.42. The van der Waals surface area contributed by atoms with Crippen LogP contribution >= 0.6 is 11.6 Å². The van der Waals surface area contributed by atoms with Crippen molar-refractivity contribution in [3.8, 4) is 0 Å². The smallest absolute Gasteiger partial charge is 0.410 e. The number of carbonyl (C=O) groups is 1. The molecule has 0 bridgehead atoms. The van der Waals surface area contributed by atoms with Gasteiger partial charge in [0.2, 0.25) is 0 Å². The molecule has 0 aliphatic carbocycles. The normalized spacial score (nSPS) is 17.7. The molecule has 2 aromatic carbocycles. The Hall–Kier alpha value is -2.24. The van der Waals surface area contributed by atoms with Gasteiger partial charge in [-0.15, -0.1) is 0 Å². The summed E-state index contributed by atoms with van der Waals surface area (Å²) >= 11 is 6.03. The third-order valence-electron chi connectivity index (χ3n) is 4.33. The highest BCUT2D eigenvalue weighted by Crippen LogP contribution is 2.26. The molecular formula is C22H27ClN2O3. The van der Waals surface area contributed by atoms with Gasteiger partial charge >= 0.3 is 6.09 Å². The highest BCUT2D eigenvalue weighted by molar-refractivity contribution is 6.30. The van der Waals surface area contributed by atoms with Gasteiger partial charge in [0.1, 0.15) is 11.7 Å². The summed E-state index contributed by atoms with van der Waals surface area (Å²) in [4.78, 5) is 14.2. The van der Waals surface area contributed by atoms with Crippen molar-refractivity contribution in [2.45, 2.75) is 38.9 Å². The van der Waals surface area contributed by atoms with Crippen molar-refractivity contribution >= 4 is 29.1 Å². The summed E-state index contributed by atoms with van der Waals surface area (Å²) in [6.45, 7) is 7.37. The van der Waals surface area contributed by atoms with Gasteiger partial charge in [0.05, 0.1) is 6.54 Å². The zero-order valence-electron chi connectivity index (χ0n) is 16.6. The fourth-order valence-electron chi connectivity index (χ4n) is 3.03. The topological polar surface area (TPSA) is 50.8 Å². The van der Waals surface area contributed by atoms with Gasteiger partial charge in [-0.1, -0.05) is 29.8 Å². The van der Waals surface area contributed by atoms with Gasteiger partial charge in [-0.25, -0.2) is 4.79 Å². The number of nitrogens with one attached hydrogen (secondary N) is 1. The van der Waals surface area contributed by atoms with E-state index in [0.717, 1.165) is 23.4 Å². The molecule has 1 aliphatic rings. The number of halogens is 1. The van der Waals surface area contributed by atoms with Gasteiger partial charge < -0.3 is 19.7 Å². The van der Waals surface area contributed by atoms with Crippen LogP contribution in [0.2, 0.25) is 5.02 Å². The third kappa shape index (κ3) is 5.88. The number of rotatable bonds is 3. The molecule has 0 radical (unpaired) electrons. The summed E-state index contributed by atoms with van der Waals surface area (Å²) in [5.74, 6) is 0. The number of hydrogen-bond donors (Lipinski definition) is 1. The molecule has 6 heteroatoms. The minimum atomic E-state index is -0.507. The number of carbonyl (C=O) groups excluding carboxylic acids is 1. The maximum absolute atomic E-state index is 12.5. The van der Waals surface area contributed by atoms with Crippen LogP contribution in [0, 0.1) is 0 Å². The number of benzene rings is 2. The number of hydrogen-bond acceptors (Lipinski definition) is 4. The lowest BCUT2D eigenvalue weighted by Crippen LogP contribution is -2.38. The number of ether oxygens (including phenoxy) is 2. The summed E-state index contributed by atoms with van der Waals surface area (Å²) in [6.07, 6.45) is 0.335. The Balaban J connectivity index is 1.67. The first-order chi connectivity index (χ1) is 13.3. The molecule has 150 valence electrons. The Morgan fingerprint density at radius 2 is 1.93 bits per heavy atom. The monoisotopic (exact) mass is 402 g/mol. The van der Waals surface area contributed by atoms with Crippen molar-refractivity contribution in [2.24, 2.45) is 0 Å². The molecule has 0 aromatic heterocycles. The van der Waals surface area contributed by atoms with Gasteiger partial charge in [0.15, 0.2) is 0 Å². The van der Waals surface area contributed by atoms with Gasteiger partial charge in [-0.05, 0) is 63.1 Å². The number of amides is 1. The fourth-order valence-corrected chi connectivity index (χ4v) is 3.22. The van der Waals surface area contributed by atoms with Crippen LogP contribution in [0.5, 0.6) is 0 Å². The lowest BCUT2D eigenvalue weighted by Gasteiger charge is -2.28. The Labute approximate surface area is 171 Å². The second kappa shape index (κ2) is 8.84. The molecule has 0 spiro atoms. The van der Waals surface area contributed by atoms with E-state index in [2.05, 4.69) is 5.32 Å². The SMILES string of the molecule is CC(C)(C)OC(=O)N1CCCOC(c2ccc(Nc3cccc(Cl)c3)cc2)C1. The molecule has 1 atom stereocenters. The first-order valence-electron chi connectivity index (χ1n) is 9.52. The quantitative estimate of drug-likeness (QED) is 0.706. The van der Waals surface area contributed by atoms with Crippen molar-refractivity contribution in [2.75, 3.05) is 25.0 Å². The van der Waals surface area contributed by atoms with Crippen LogP contribution in [0.25, 0.3) is 0 Å². The van der Waals surface area contributed by atoms with E-state index in [1.165, 1.54) is 0 Å². The Morgan fingerprint density at radius 1 is 1.18 bits per heavy atom. The van der Waals surface area contributed by atoms with Crippen LogP contribution in [0.4, 0.5) is 16.2 Å². The van der Waals surface area contributed by atoms with Crippen molar-refractivity contribution < 1.29 is 14.3 Å². The average molecular weight is 403 g/mol. The second-order valence-electron chi connectivity index (χ2n) is 7.90. The molecule has 1 fully saturated rings. The molecule has 2 aromatic rings. The molecule has 1 saturated heterocycles. The average Bonchev–Trinajstić information content (AvgIpc) is 2.87. The highest BCUT2D eigenvalue weighted by Gasteiger charge is 2.27. The van der Waals surface area contributed by atoms with Crippen molar-refractivity contribution in [1.29, 1.82) is 0 Å². The van der Waals surface area contributed by atoms with Gasteiger partial charge in [0, 0.05) is 29.5 Å². The maximum Gasteiger partial charge on any atom is 0.410 e. The minimum Gasteiger partial charge on any atom is -0.444 e. The Kier molecular flexibility index (Phi) is 6.47. The Morgan fingerprint density at radius 3 is 2.61 bits per heavy atom. The predicted octanol–water partition coefficient (Wildman–Crippen LogP) is 5.78. The molecule has 1 aliphatic heterocycles. The molecule has 1 N–H and O–H groups in total. The molecule has 5 nitrogen and oxygen atoms in total. The first kappa shape index (κ1) is 20.5. The van der Waals surface area contributed by atoms with Crippen LogP contribution < -0.4 is 5.32 Å². The van der Waals surface area contributed by atoms with Crippen LogP contribution in [-0.2, 0) is 9.47 Å². The van der Waals surface area contributed by atoms with E-state index >= 15 is 0 Å². The van der Waals surface area contributed by atoms with E-state index in [0.29, 0.717) is 24.7 Å². The fraction of sp³-hybridized carbons (Fsp3) is 0.409. The van der Waals surface area contributed by atoms with E-state index < -0.39 is 5.60 Å². The first-order valence-corrected chi connectivity index (χ1v) is 9.90. The summed E-state index contributed by atoms with van der Waals surface area (Å²) in [7, 11) is 0. The lowest BCUT2D eigenvalue weighted by atomic mass is 10.1. The molecular weight excluding hydrogens is 376 g/mol. The molecule has 0 saturated carbocycles. The van der Waals surface area contributed by atoms with Crippen LogP contribution in [0.15, 0.2) is 48.5 Å². The molecule has 1 amide bonds. The standard InChI is InChI=1S/C22H27ClN2O3/c1-22(2,3)28-21(26)25-12-5-13-27-20(15-25)16-8-10-18(11-9-16)24-19-7-4-6-17(23)14-19/h4,6-11,14,20,24H,5,12-13,15H2,1-3H3. The highest BCUT2D eigenvalue weighted by atomic mass is 35.5. The predicted molar refractivity (Wildman–Crippen MR) is 112 cm³/mol. The van der Waals surface area contributed by atoms with Crippen molar-refractivity contribution in [1.82, 2.24) is 4.90 Å². The van der Waals surface area contributed by atoms with E-state index in [9.17, 15) is 4.79 Å². The van der Waals surface area contributed by atoms with Gasteiger partial charge in [0.25, 0.3) is 0 Å². The molecule has 1 unspecified atom stereocenters. The lowest BCUT2D eigenvalue weighted by molar-refractivity contribution is 0.0140. The van der Waals surface area contributed by atoms with Crippen molar-refractivity contribution in [3.63, 3.8) is 0 Å². The van der Waals surface area contributed by atoms with E-state index in [1.54, 1.807) is 4.90 Å². The van der Waals surface area contributed by atoms with Crippen molar-refractivity contribution in [3.05, 3.63) is 59.1 Å². The maximum atomic E-state index is 12.5. The summed E-state index contributed by atoms with van der Waals surface area (Å²) < 4.78 is 11.5.